The van der Waals surface area contributed by atoms with E-state index >= 15 is 0 Å². The van der Waals surface area contributed by atoms with Gasteiger partial charge in [-0.05, 0) is 32.7 Å². The molecule has 2 atom stereocenters. The number of alkyl carbamates (subject to hydrolysis) is 1. The summed E-state index contributed by atoms with van der Waals surface area (Å²) < 4.78 is 5.00. The minimum atomic E-state index is -1.36. The second-order valence-electron chi connectivity index (χ2n) is 5.22. The second-order valence-corrected chi connectivity index (χ2v) is 5.22. The van der Waals surface area contributed by atoms with Crippen LogP contribution in [0.15, 0.2) is 5.11 Å². The summed E-state index contributed by atoms with van der Waals surface area (Å²) in [6.07, 6.45) is -0.547. The summed E-state index contributed by atoms with van der Waals surface area (Å²) in [6.45, 7) is 5.09. The Kier molecular flexibility index (Phi) is 3.71. The van der Waals surface area contributed by atoms with E-state index in [0.29, 0.717) is 0 Å². The van der Waals surface area contributed by atoms with Gasteiger partial charge in [0.05, 0.1) is 0 Å². The molecule has 0 aromatic rings. The minimum absolute atomic E-state index is 0.0403. The number of ether oxygens (including phenoxy) is 1. The first-order chi connectivity index (χ1) is 8.21. The van der Waals surface area contributed by atoms with Crippen LogP contribution in [0.3, 0.4) is 0 Å². The lowest BCUT2D eigenvalue weighted by Crippen LogP contribution is -2.47. The van der Waals surface area contributed by atoms with Crippen molar-refractivity contribution in [3.8, 4) is 0 Å². The number of carboxylic acids is 1. The van der Waals surface area contributed by atoms with E-state index in [4.69, 9.17) is 15.4 Å². The van der Waals surface area contributed by atoms with Gasteiger partial charge in [0.15, 0.2) is 0 Å². The smallest absolute Gasteiger partial charge is 0.408 e. The van der Waals surface area contributed by atoms with E-state index in [1.165, 1.54) is 0 Å². The van der Waals surface area contributed by atoms with Gasteiger partial charge in [-0.3, -0.25) is 0 Å². The summed E-state index contributed by atoms with van der Waals surface area (Å²) in [5, 5.41) is 14.8. The first-order valence-corrected chi connectivity index (χ1v) is 5.47. The molecule has 1 aliphatic carbocycles. The molecule has 0 unspecified atom stereocenters. The SMILES string of the molecule is CC(C)(C)OC(=O)N[C@]1(C(=O)O)C[C@H]1CN=[N+]=[N-]. The van der Waals surface area contributed by atoms with Crippen molar-refractivity contribution in [1.82, 2.24) is 5.32 Å². The van der Waals surface area contributed by atoms with Crippen LogP contribution in [0, 0.1) is 5.92 Å². The standard InChI is InChI=1S/C10H16N4O4/c1-9(2,3)18-8(17)13-10(7(15)16)4-6(10)5-12-14-11/h6H,4-5H2,1-3H3,(H,13,17)(H,15,16)/t6-,10+/m0/s1. The average molecular weight is 256 g/mol. The molecule has 0 saturated heterocycles. The largest absolute Gasteiger partial charge is 0.479 e. The Balaban J connectivity index is 2.64. The summed E-state index contributed by atoms with van der Waals surface area (Å²) >= 11 is 0. The third kappa shape index (κ3) is 3.27. The molecule has 1 aliphatic rings. The Bertz CT molecular complexity index is 411. The van der Waals surface area contributed by atoms with Crippen LogP contribution < -0.4 is 5.32 Å². The molecular weight excluding hydrogens is 240 g/mol. The molecule has 1 amide bonds. The van der Waals surface area contributed by atoms with E-state index in [2.05, 4.69) is 15.3 Å². The van der Waals surface area contributed by atoms with Crippen molar-refractivity contribution in [2.24, 2.45) is 11.0 Å². The molecule has 0 bridgehead atoms. The van der Waals surface area contributed by atoms with Gasteiger partial charge in [0.2, 0.25) is 0 Å². The van der Waals surface area contributed by atoms with Crippen LogP contribution in [0.25, 0.3) is 10.4 Å². The number of rotatable bonds is 4. The van der Waals surface area contributed by atoms with Crippen LogP contribution in [0.5, 0.6) is 0 Å². The summed E-state index contributed by atoms with van der Waals surface area (Å²) in [4.78, 5) is 25.3. The van der Waals surface area contributed by atoms with Gasteiger partial charge in [0.25, 0.3) is 0 Å². The van der Waals surface area contributed by atoms with Crippen LogP contribution in [-0.2, 0) is 9.53 Å². The van der Waals surface area contributed by atoms with E-state index in [0.717, 1.165) is 0 Å². The lowest BCUT2D eigenvalue weighted by Gasteiger charge is -2.22. The van der Waals surface area contributed by atoms with E-state index in [1.54, 1.807) is 20.8 Å². The van der Waals surface area contributed by atoms with Crippen LogP contribution >= 0.6 is 0 Å². The zero-order chi connectivity index (χ0) is 14.0. The van der Waals surface area contributed by atoms with Gasteiger partial charge in [0, 0.05) is 17.4 Å². The molecule has 0 heterocycles. The molecule has 1 saturated carbocycles. The number of amides is 1. The molecule has 2 N–H and O–H groups in total. The second kappa shape index (κ2) is 4.73. The summed E-state index contributed by atoms with van der Waals surface area (Å²) in [6, 6.07) is 0. The number of nitrogens with one attached hydrogen (secondary N) is 1. The molecule has 1 rings (SSSR count). The van der Waals surface area contributed by atoms with Gasteiger partial charge in [-0.25, -0.2) is 9.59 Å². The Morgan fingerprint density at radius 2 is 2.22 bits per heavy atom. The van der Waals surface area contributed by atoms with Crippen molar-refractivity contribution in [3.05, 3.63) is 10.4 Å². The number of hydrogen-bond donors (Lipinski definition) is 2. The zero-order valence-corrected chi connectivity index (χ0v) is 10.5. The normalized spacial score (nSPS) is 25.8. The zero-order valence-electron chi connectivity index (χ0n) is 10.5. The molecule has 1 fully saturated rings. The number of hydrogen-bond acceptors (Lipinski definition) is 4. The Morgan fingerprint density at radius 3 is 2.67 bits per heavy atom. The number of carbonyl (C=O) groups excluding carboxylic acids is 1. The van der Waals surface area contributed by atoms with Gasteiger partial charge in [-0.15, -0.1) is 0 Å². The first-order valence-electron chi connectivity index (χ1n) is 5.47. The number of azide groups is 1. The fourth-order valence-electron chi connectivity index (χ4n) is 1.64. The highest BCUT2D eigenvalue weighted by atomic mass is 16.6. The first kappa shape index (κ1) is 14.1. The molecule has 0 radical (unpaired) electrons. The monoisotopic (exact) mass is 256 g/mol. The maximum absolute atomic E-state index is 11.5. The molecule has 8 heteroatoms. The molecule has 0 spiro atoms. The van der Waals surface area contributed by atoms with E-state index < -0.39 is 29.1 Å². The van der Waals surface area contributed by atoms with Gasteiger partial charge in [-0.2, -0.15) is 0 Å². The third-order valence-corrected chi connectivity index (χ3v) is 2.58. The van der Waals surface area contributed by atoms with Gasteiger partial charge in [0.1, 0.15) is 11.1 Å². The summed E-state index contributed by atoms with van der Waals surface area (Å²) in [5.74, 6) is -1.54. The topological polar surface area (TPSA) is 124 Å². The van der Waals surface area contributed by atoms with Gasteiger partial charge >= 0.3 is 12.1 Å². The van der Waals surface area contributed by atoms with Crippen LogP contribution in [0.2, 0.25) is 0 Å². The number of aliphatic carboxylic acids is 1. The van der Waals surface area contributed by atoms with Crippen LogP contribution in [0.4, 0.5) is 4.79 Å². The number of carbonyl (C=O) groups is 2. The molecule has 0 aromatic heterocycles. The van der Waals surface area contributed by atoms with Crippen molar-refractivity contribution in [2.75, 3.05) is 6.54 Å². The Labute approximate surface area is 104 Å². The molecule has 18 heavy (non-hydrogen) atoms. The lowest BCUT2D eigenvalue weighted by atomic mass is 10.2. The molecular formula is C10H16N4O4. The van der Waals surface area contributed by atoms with E-state index in [9.17, 15) is 9.59 Å². The maximum atomic E-state index is 11.5. The van der Waals surface area contributed by atoms with Crippen LogP contribution in [-0.4, -0.2) is 34.9 Å². The molecule has 0 aliphatic heterocycles. The number of nitrogens with zero attached hydrogens (tertiary/aromatic N) is 3. The lowest BCUT2D eigenvalue weighted by molar-refractivity contribution is -0.141. The molecule has 0 aromatic carbocycles. The van der Waals surface area contributed by atoms with Crippen molar-refractivity contribution in [1.29, 1.82) is 0 Å². The summed E-state index contributed by atoms with van der Waals surface area (Å²) in [5.41, 5.74) is 6.13. The summed E-state index contributed by atoms with van der Waals surface area (Å²) in [7, 11) is 0. The Hall–Kier alpha value is -1.95. The number of carboxylic acid groups (broad SMARTS) is 1. The van der Waals surface area contributed by atoms with Crippen molar-refractivity contribution in [2.45, 2.75) is 38.3 Å². The predicted octanol–water partition coefficient (Wildman–Crippen LogP) is 1.66. The highest BCUT2D eigenvalue weighted by Gasteiger charge is 2.61. The molecule has 100 valence electrons. The quantitative estimate of drug-likeness (QED) is 0.450. The molecule has 8 nitrogen and oxygen atoms in total. The van der Waals surface area contributed by atoms with Crippen molar-refractivity contribution < 1.29 is 19.4 Å². The van der Waals surface area contributed by atoms with Crippen molar-refractivity contribution in [3.63, 3.8) is 0 Å². The van der Waals surface area contributed by atoms with Crippen molar-refractivity contribution >= 4 is 12.1 Å². The van der Waals surface area contributed by atoms with Gasteiger partial charge in [-0.1, -0.05) is 5.11 Å². The fourth-order valence-corrected chi connectivity index (χ4v) is 1.64. The average Bonchev–Trinajstić information content (AvgIpc) is 2.86. The third-order valence-electron chi connectivity index (χ3n) is 2.58. The van der Waals surface area contributed by atoms with Gasteiger partial charge < -0.3 is 15.2 Å². The van der Waals surface area contributed by atoms with E-state index in [-0.39, 0.29) is 13.0 Å². The highest BCUT2D eigenvalue weighted by molar-refractivity contribution is 5.88. The maximum Gasteiger partial charge on any atom is 0.408 e. The predicted molar refractivity (Wildman–Crippen MR) is 61.9 cm³/mol. The minimum Gasteiger partial charge on any atom is -0.479 e. The Morgan fingerprint density at radius 1 is 1.61 bits per heavy atom. The van der Waals surface area contributed by atoms with E-state index in [1.807, 2.05) is 0 Å². The van der Waals surface area contributed by atoms with Crippen LogP contribution in [0.1, 0.15) is 27.2 Å². The fraction of sp³-hybridized carbons (Fsp3) is 0.800. The highest BCUT2D eigenvalue weighted by Crippen LogP contribution is 2.44.